The van der Waals surface area contributed by atoms with E-state index in [2.05, 4.69) is 20.8 Å². The van der Waals surface area contributed by atoms with E-state index >= 15 is 0 Å². The maximum atomic E-state index is 12.4. The molecule has 4 nitrogen and oxygen atoms in total. The van der Waals surface area contributed by atoms with E-state index in [-0.39, 0.29) is 29.9 Å². The van der Waals surface area contributed by atoms with Gasteiger partial charge in [0, 0.05) is 13.1 Å². The van der Waals surface area contributed by atoms with Crippen LogP contribution >= 0.6 is 0 Å². The first-order valence-corrected chi connectivity index (χ1v) is 6.50. The Morgan fingerprint density at radius 2 is 2.18 bits per heavy atom. The number of nitrogens with zero attached hydrogens (tertiary/aromatic N) is 1. The quantitative estimate of drug-likeness (QED) is 0.772. The number of amides is 1. The monoisotopic (exact) mass is 242 g/mol. The molecule has 1 fully saturated rings. The molecule has 3 N–H and O–H groups in total. The Morgan fingerprint density at radius 1 is 1.53 bits per heavy atom. The minimum absolute atomic E-state index is 0.0107. The first-order valence-electron chi connectivity index (χ1n) is 6.50. The predicted octanol–water partition coefficient (Wildman–Crippen LogP) is 0.981. The molecule has 1 rings (SSSR count). The van der Waals surface area contributed by atoms with Crippen molar-refractivity contribution in [3.05, 3.63) is 0 Å². The average molecular weight is 242 g/mol. The zero-order chi connectivity index (χ0) is 13.1. The van der Waals surface area contributed by atoms with Crippen LogP contribution in [0.1, 0.15) is 40.0 Å². The van der Waals surface area contributed by atoms with Crippen molar-refractivity contribution in [1.29, 1.82) is 0 Å². The number of nitrogens with two attached hydrogens (primary N) is 1. The highest BCUT2D eigenvalue weighted by Crippen LogP contribution is 2.27. The van der Waals surface area contributed by atoms with Gasteiger partial charge in [-0.15, -0.1) is 0 Å². The number of carbonyl (C=O) groups excluding carboxylic acids is 1. The van der Waals surface area contributed by atoms with Crippen LogP contribution in [-0.2, 0) is 4.79 Å². The largest absolute Gasteiger partial charge is 0.394 e. The second kappa shape index (κ2) is 5.83. The molecule has 1 saturated heterocycles. The fraction of sp³-hybridized carbons (Fsp3) is 0.923. The Morgan fingerprint density at radius 3 is 2.65 bits per heavy atom. The molecule has 0 radical (unpaired) electrons. The van der Waals surface area contributed by atoms with Gasteiger partial charge in [0.05, 0.1) is 18.6 Å². The molecule has 0 bridgehead atoms. The van der Waals surface area contributed by atoms with Crippen LogP contribution in [0.5, 0.6) is 0 Å². The van der Waals surface area contributed by atoms with Crippen molar-refractivity contribution in [2.75, 3.05) is 19.7 Å². The van der Waals surface area contributed by atoms with E-state index in [1.165, 1.54) is 0 Å². The molecule has 1 unspecified atom stereocenters. The molecule has 2 atom stereocenters. The molecule has 100 valence electrons. The van der Waals surface area contributed by atoms with Crippen LogP contribution in [0.15, 0.2) is 0 Å². The lowest BCUT2D eigenvalue weighted by Gasteiger charge is -2.30. The summed E-state index contributed by atoms with van der Waals surface area (Å²) in [5.41, 5.74) is 5.83. The van der Waals surface area contributed by atoms with Crippen LogP contribution in [0.25, 0.3) is 0 Å². The van der Waals surface area contributed by atoms with E-state index in [9.17, 15) is 9.90 Å². The minimum Gasteiger partial charge on any atom is -0.394 e. The SMILES string of the molecule is CC(C)(C)CC(CN)C(=O)N1CCC[C@H]1CO. The van der Waals surface area contributed by atoms with Gasteiger partial charge >= 0.3 is 0 Å². The zero-order valence-electron chi connectivity index (χ0n) is 11.3. The summed E-state index contributed by atoms with van der Waals surface area (Å²) < 4.78 is 0. The van der Waals surface area contributed by atoms with Gasteiger partial charge in [-0.25, -0.2) is 0 Å². The van der Waals surface area contributed by atoms with Gasteiger partial charge in [-0.3, -0.25) is 4.79 Å². The summed E-state index contributed by atoms with van der Waals surface area (Å²) in [6.45, 7) is 7.59. The number of hydrogen-bond acceptors (Lipinski definition) is 3. The fourth-order valence-electron chi connectivity index (χ4n) is 2.56. The van der Waals surface area contributed by atoms with Gasteiger partial charge in [-0.05, 0) is 24.7 Å². The molecule has 0 aliphatic carbocycles. The lowest BCUT2D eigenvalue weighted by atomic mass is 9.84. The number of likely N-dealkylation sites (tertiary alicyclic amines) is 1. The van der Waals surface area contributed by atoms with Crippen molar-refractivity contribution in [3.8, 4) is 0 Å². The summed E-state index contributed by atoms with van der Waals surface area (Å²) in [5, 5.41) is 9.25. The van der Waals surface area contributed by atoms with Gasteiger partial charge < -0.3 is 15.7 Å². The second-order valence-corrected chi connectivity index (χ2v) is 6.21. The van der Waals surface area contributed by atoms with Gasteiger partial charge in [-0.2, -0.15) is 0 Å². The van der Waals surface area contributed by atoms with E-state index < -0.39 is 0 Å². The lowest BCUT2D eigenvalue weighted by Crippen LogP contribution is -2.44. The molecule has 0 spiro atoms. The highest BCUT2D eigenvalue weighted by molar-refractivity contribution is 5.79. The molecule has 1 heterocycles. The third-order valence-corrected chi connectivity index (χ3v) is 3.36. The molecule has 1 amide bonds. The molecule has 0 aromatic heterocycles. The molecule has 1 aliphatic rings. The van der Waals surface area contributed by atoms with Crippen molar-refractivity contribution >= 4 is 5.91 Å². The Hall–Kier alpha value is -0.610. The predicted molar refractivity (Wildman–Crippen MR) is 68.4 cm³/mol. The van der Waals surface area contributed by atoms with Crippen LogP contribution in [-0.4, -0.2) is 41.7 Å². The standard InChI is InChI=1S/C13H26N2O2/c1-13(2,3)7-10(8-14)12(17)15-6-4-5-11(15)9-16/h10-11,16H,4-9,14H2,1-3H3/t10?,11-/m0/s1. The van der Waals surface area contributed by atoms with Crippen molar-refractivity contribution in [3.63, 3.8) is 0 Å². The van der Waals surface area contributed by atoms with E-state index in [4.69, 9.17) is 5.73 Å². The molecule has 0 aromatic carbocycles. The normalized spacial score (nSPS) is 22.9. The van der Waals surface area contributed by atoms with Gasteiger partial charge in [0.1, 0.15) is 0 Å². The van der Waals surface area contributed by atoms with Gasteiger partial charge in [0.25, 0.3) is 0 Å². The molecule has 17 heavy (non-hydrogen) atoms. The summed E-state index contributed by atoms with van der Waals surface area (Å²) in [6, 6.07) is 0.0107. The number of aliphatic hydroxyl groups excluding tert-OH is 1. The highest BCUT2D eigenvalue weighted by Gasteiger charge is 2.33. The first-order chi connectivity index (χ1) is 7.89. The van der Waals surface area contributed by atoms with Crippen molar-refractivity contribution < 1.29 is 9.90 Å². The Kier molecular flexibility index (Phi) is 4.95. The lowest BCUT2D eigenvalue weighted by molar-refractivity contribution is -0.137. The molecule has 0 aromatic rings. The van der Waals surface area contributed by atoms with Crippen LogP contribution < -0.4 is 5.73 Å². The summed E-state index contributed by atoms with van der Waals surface area (Å²) >= 11 is 0. The Labute approximate surface area is 104 Å². The summed E-state index contributed by atoms with van der Waals surface area (Å²) in [4.78, 5) is 14.2. The number of hydrogen-bond donors (Lipinski definition) is 2. The van der Waals surface area contributed by atoms with Crippen molar-refractivity contribution in [1.82, 2.24) is 4.90 Å². The number of aliphatic hydroxyl groups is 1. The number of carbonyl (C=O) groups is 1. The van der Waals surface area contributed by atoms with Crippen molar-refractivity contribution in [2.24, 2.45) is 17.1 Å². The maximum absolute atomic E-state index is 12.4. The van der Waals surface area contributed by atoms with E-state index in [0.29, 0.717) is 6.54 Å². The molecule has 1 aliphatic heterocycles. The van der Waals surface area contributed by atoms with Crippen LogP contribution in [0.3, 0.4) is 0 Å². The van der Waals surface area contributed by atoms with Gasteiger partial charge in [-0.1, -0.05) is 20.8 Å². The summed E-state index contributed by atoms with van der Waals surface area (Å²) in [6.07, 6.45) is 2.70. The van der Waals surface area contributed by atoms with Crippen LogP contribution in [0, 0.1) is 11.3 Å². The van der Waals surface area contributed by atoms with Crippen LogP contribution in [0.2, 0.25) is 0 Å². The van der Waals surface area contributed by atoms with E-state index in [0.717, 1.165) is 25.8 Å². The molecular weight excluding hydrogens is 216 g/mol. The van der Waals surface area contributed by atoms with Crippen molar-refractivity contribution in [2.45, 2.75) is 46.1 Å². The third kappa shape index (κ3) is 3.96. The zero-order valence-corrected chi connectivity index (χ0v) is 11.3. The number of rotatable bonds is 4. The minimum atomic E-state index is -0.109. The summed E-state index contributed by atoms with van der Waals surface area (Å²) in [7, 11) is 0. The van der Waals surface area contributed by atoms with Gasteiger partial charge in [0.2, 0.25) is 5.91 Å². The highest BCUT2D eigenvalue weighted by atomic mass is 16.3. The van der Waals surface area contributed by atoms with E-state index in [1.54, 1.807) is 0 Å². The van der Waals surface area contributed by atoms with E-state index in [1.807, 2.05) is 4.90 Å². The molecular formula is C13H26N2O2. The first kappa shape index (κ1) is 14.5. The van der Waals surface area contributed by atoms with Crippen LogP contribution in [0.4, 0.5) is 0 Å². The molecule has 0 saturated carbocycles. The summed E-state index contributed by atoms with van der Waals surface area (Å²) in [5.74, 6) is 0.0149. The second-order valence-electron chi connectivity index (χ2n) is 6.21. The fourth-order valence-corrected chi connectivity index (χ4v) is 2.56. The average Bonchev–Trinajstić information content (AvgIpc) is 2.71. The third-order valence-electron chi connectivity index (χ3n) is 3.36. The van der Waals surface area contributed by atoms with Gasteiger partial charge in [0.15, 0.2) is 0 Å². The smallest absolute Gasteiger partial charge is 0.227 e. The molecule has 4 heteroatoms. The Balaban J connectivity index is 2.65. The maximum Gasteiger partial charge on any atom is 0.227 e. The topological polar surface area (TPSA) is 66.6 Å². The Bertz CT molecular complexity index is 261.